The van der Waals surface area contributed by atoms with Crippen LogP contribution in [-0.2, 0) is 6.54 Å². The Labute approximate surface area is 119 Å². The summed E-state index contributed by atoms with van der Waals surface area (Å²) >= 11 is 1.70. The van der Waals surface area contributed by atoms with Crippen molar-refractivity contribution in [2.75, 3.05) is 6.54 Å². The molecule has 0 atom stereocenters. The first-order chi connectivity index (χ1) is 9.28. The lowest BCUT2D eigenvalue weighted by Crippen LogP contribution is -2.13. The molecule has 2 aromatic rings. The Morgan fingerprint density at radius 3 is 2.53 bits per heavy atom. The Morgan fingerprint density at radius 1 is 1.11 bits per heavy atom. The molecule has 1 aromatic heterocycles. The van der Waals surface area contributed by atoms with Gasteiger partial charge in [-0.25, -0.2) is 4.98 Å². The number of aryl methyl sites for hydroxylation is 1. The van der Waals surface area contributed by atoms with Gasteiger partial charge in [0.2, 0.25) is 0 Å². The second kappa shape index (κ2) is 7.31. The Hall–Kier alpha value is -1.32. The highest BCUT2D eigenvalue weighted by molar-refractivity contribution is 7.99. The van der Waals surface area contributed by atoms with E-state index in [1.54, 1.807) is 11.8 Å². The van der Waals surface area contributed by atoms with Crippen molar-refractivity contribution in [1.29, 1.82) is 0 Å². The van der Waals surface area contributed by atoms with Gasteiger partial charge < -0.3 is 5.32 Å². The highest BCUT2D eigenvalue weighted by Gasteiger charge is 1.99. The second-order valence-corrected chi connectivity index (χ2v) is 5.69. The predicted molar refractivity (Wildman–Crippen MR) is 81.5 cm³/mol. The van der Waals surface area contributed by atoms with Crippen LogP contribution in [0.15, 0.2) is 52.5 Å². The summed E-state index contributed by atoms with van der Waals surface area (Å²) in [6.45, 7) is 6.23. The van der Waals surface area contributed by atoms with Crippen molar-refractivity contribution in [2.24, 2.45) is 0 Å². The highest BCUT2D eigenvalue weighted by atomic mass is 32.2. The topological polar surface area (TPSA) is 24.9 Å². The average molecular weight is 272 g/mol. The largest absolute Gasteiger partial charge is 0.313 e. The average Bonchev–Trinajstić information content (AvgIpc) is 2.44. The standard InChI is InChI=1S/C16H20N2S/c1-3-10-17-11-14-6-9-16(18-12-14)19-15-7-4-13(2)5-8-15/h4-9,12,17H,3,10-11H2,1-2H3. The van der Waals surface area contributed by atoms with Gasteiger partial charge in [-0.2, -0.15) is 0 Å². The smallest absolute Gasteiger partial charge is 0.101 e. The van der Waals surface area contributed by atoms with Crippen LogP contribution >= 0.6 is 11.8 Å². The third-order valence-electron chi connectivity index (χ3n) is 2.80. The molecule has 0 spiro atoms. The Kier molecular flexibility index (Phi) is 5.43. The number of hydrogen-bond acceptors (Lipinski definition) is 3. The van der Waals surface area contributed by atoms with E-state index in [4.69, 9.17) is 0 Å². The van der Waals surface area contributed by atoms with Crippen LogP contribution in [0.3, 0.4) is 0 Å². The minimum absolute atomic E-state index is 0.899. The molecule has 3 heteroatoms. The second-order valence-electron chi connectivity index (χ2n) is 4.60. The van der Waals surface area contributed by atoms with E-state index in [1.165, 1.54) is 16.0 Å². The van der Waals surface area contributed by atoms with E-state index < -0.39 is 0 Å². The maximum atomic E-state index is 4.50. The van der Waals surface area contributed by atoms with Gasteiger partial charge >= 0.3 is 0 Å². The molecular formula is C16H20N2S. The molecule has 0 saturated carbocycles. The van der Waals surface area contributed by atoms with Gasteiger partial charge in [0.1, 0.15) is 5.03 Å². The Bertz CT molecular complexity index is 491. The molecule has 1 N–H and O–H groups in total. The van der Waals surface area contributed by atoms with Crippen LogP contribution in [0, 0.1) is 6.92 Å². The fourth-order valence-electron chi connectivity index (χ4n) is 1.71. The minimum Gasteiger partial charge on any atom is -0.313 e. The number of rotatable bonds is 6. The number of nitrogens with zero attached hydrogens (tertiary/aromatic N) is 1. The zero-order valence-electron chi connectivity index (χ0n) is 11.5. The van der Waals surface area contributed by atoms with Gasteiger partial charge in [0, 0.05) is 17.6 Å². The van der Waals surface area contributed by atoms with Crippen LogP contribution in [0.2, 0.25) is 0 Å². The number of aromatic nitrogens is 1. The first kappa shape index (κ1) is 14.1. The van der Waals surface area contributed by atoms with Crippen molar-refractivity contribution in [3.8, 4) is 0 Å². The molecule has 0 saturated heterocycles. The molecule has 0 aliphatic rings. The molecule has 1 aromatic carbocycles. The van der Waals surface area contributed by atoms with Crippen molar-refractivity contribution in [1.82, 2.24) is 10.3 Å². The van der Waals surface area contributed by atoms with E-state index in [2.05, 4.69) is 60.5 Å². The summed E-state index contributed by atoms with van der Waals surface area (Å²) < 4.78 is 0. The lowest BCUT2D eigenvalue weighted by Gasteiger charge is -2.05. The summed E-state index contributed by atoms with van der Waals surface area (Å²) in [5.74, 6) is 0. The van der Waals surface area contributed by atoms with Crippen LogP contribution in [0.4, 0.5) is 0 Å². The van der Waals surface area contributed by atoms with E-state index in [0.29, 0.717) is 0 Å². The minimum atomic E-state index is 0.899. The summed E-state index contributed by atoms with van der Waals surface area (Å²) in [7, 11) is 0. The zero-order chi connectivity index (χ0) is 13.5. The number of hydrogen-bond donors (Lipinski definition) is 1. The molecule has 19 heavy (non-hydrogen) atoms. The van der Waals surface area contributed by atoms with Crippen molar-refractivity contribution >= 4 is 11.8 Å². The van der Waals surface area contributed by atoms with Crippen LogP contribution < -0.4 is 5.32 Å². The molecule has 1 heterocycles. The molecular weight excluding hydrogens is 252 g/mol. The number of benzene rings is 1. The van der Waals surface area contributed by atoms with Crippen LogP contribution in [0.5, 0.6) is 0 Å². The summed E-state index contributed by atoms with van der Waals surface area (Å²) in [4.78, 5) is 5.73. The fraction of sp³-hybridized carbons (Fsp3) is 0.312. The molecule has 0 aliphatic heterocycles. The maximum absolute atomic E-state index is 4.50. The highest BCUT2D eigenvalue weighted by Crippen LogP contribution is 2.25. The quantitative estimate of drug-likeness (QED) is 0.803. The summed E-state index contributed by atoms with van der Waals surface area (Å²) in [5.41, 5.74) is 2.52. The molecule has 2 nitrogen and oxygen atoms in total. The van der Waals surface area contributed by atoms with Gasteiger partial charge in [0.05, 0.1) is 0 Å². The molecule has 0 aliphatic carbocycles. The monoisotopic (exact) mass is 272 g/mol. The summed E-state index contributed by atoms with van der Waals surface area (Å²) in [5, 5.41) is 4.42. The fourth-order valence-corrected chi connectivity index (χ4v) is 2.47. The third kappa shape index (κ3) is 4.69. The molecule has 2 rings (SSSR count). The van der Waals surface area contributed by atoms with E-state index >= 15 is 0 Å². The first-order valence-corrected chi connectivity index (χ1v) is 7.50. The molecule has 0 unspecified atom stereocenters. The lowest BCUT2D eigenvalue weighted by atomic mass is 10.2. The Morgan fingerprint density at radius 2 is 1.89 bits per heavy atom. The molecule has 0 fully saturated rings. The van der Waals surface area contributed by atoms with E-state index in [-0.39, 0.29) is 0 Å². The van der Waals surface area contributed by atoms with Crippen LogP contribution in [0.25, 0.3) is 0 Å². The number of nitrogens with one attached hydrogen (secondary N) is 1. The van der Waals surface area contributed by atoms with Crippen molar-refractivity contribution in [3.05, 3.63) is 53.7 Å². The van der Waals surface area contributed by atoms with Gasteiger partial charge in [0.15, 0.2) is 0 Å². The predicted octanol–water partition coefficient (Wildman–Crippen LogP) is 4.04. The third-order valence-corrected chi connectivity index (χ3v) is 3.76. The van der Waals surface area contributed by atoms with Crippen LogP contribution in [-0.4, -0.2) is 11.5 Å². The zero-order valence-corrected chi connectivity index (χ0v) is 12.3. The molecule has 0 bridgehead atoms. The van der Waals surface area contributed by atoms with Crippen molar-refractivity contribution < 1.29 is 0 Å². The molecule has 0 radical (unpaired) electrons. The van der Waals surface area contributed by atoms with Crippen molar-refractivity contribution in [3.63, 3.8) is 0 Å². The van der Waals surface area contributed by atoms with Gasteiger partial charge in [0.25, 0.3) is 0 Å². The first-order valence-electron chi connectivity index (χ1n) is 6.68. The lowest BCUT2D eigenvalue weighted by molar-refractivity contribution is 0.673. The van der Waals surface area contributed by atoms with Gasteiger partial charge in [-0.05, 0) is 43.7 Å². The van der Waals surface area contributed by atoms with Gasteiger partial charge in [-0.1, -0.05) is 42.4 Å². The van der Waals surface area contributed by atoms with E-state index in [1.807, 2.05) is 6.20 Å². The number of pyridine rings is 1. The van der Waals surface area contributed by atoms with Gasteiger partial charge in [-0.3, -0.25) is 0 Å². The summed E-state index contributed by atoms with van der Waals surface area (Å²) in [6.07, 6.45) is 3.12. The van der Waals surface area contributed by atoms with Gasteiger partial charge in [-0.15, -0.1) is 0 Å². The van der Waals surface area contributed by atoms with Crippen molar-refractivity contribution in [2.45, 2.75) is 36.7 Å². The molecule has 0 amide bonds. The van der Waals surface area contributed by atoms with E-state index in [9.17, 15) is 0 Å². The maximum Gasteiger partial charge on any atom is 0.101 e. The molecule has 100 valence electrons. The summed E-state index contributed by atoms with van der Waals surface area (Å²) in [6, 6.07) is 12.8. The SMILES string of the molecule is CCCNCc1ccc(Sc2ccc(C)cc2)nc1. The van der Waals surface area contributed by atoms with E-state index in [0.717, 1.165) is 24.5 Å². The normalized spacial score (nSPS) is 10.6. The van der Waals surface area contributed by atoms with Crippen LogP contribution in [0.1, 0.15) is 24.5 Å². The Balaban J connectivity index is 1.92.